The lowest BCUT2D eigenvalue weighted by atomic mass is 10.3. The smallest absolute Gasteiger partial charge is 0.334 e. The number of nitrogens with zero attached hydrogens (tertiary/aromatic N) is 3. The molecule has 17 heavy (non-hydrogen) atoms. The summed E-state index contributed by atoms with van der Waals surface area (Å²) in [5.41, 5.74) is 0.694. The molecule has 2 N–H and O–H groups in total. The van der Waals surface area contributed by atoms with Crippen LogP contribution in [0, 0.1) is 0 Å². The molecule has 0 aromatic carbocycles. The topological polar surface area (TPSA) is 88.8 Å². The van der Waals surface area contributed by atoms with Crippen LogP contribution in [0.5, 0.6) is 0 Å². The molecule has 0 bridgehead atoms. The van der Waals surface area contributed by atoms with Gasteiger partial charge in [0, 0.05) is 19.4 Å². The average molecular weight is 236 g/mol. The summed E-state index contributed by atoms with van der Waals surface area (Å²) in [5, 5.41) is 15.7. The number of fused-ring (bicyclic) bond motifs is 1. The molecule has 0 spiro atoms. The summed E-state index contributed by atoms with van der Waals surface area (Å²) in [5.74, 6) is -0.424. The third-order valence-corrected chi connectivity index (χ3v) is 2.29. The number of aliphatic carboxylic acids is 1. The second-order valence-electron chi connectivity index (χ2n) is 3.39. The number of aromatic nitrogens is 3. The molecule has 7 heteroatoms. The first kappa shape index (κ1) is 11.3. The summed E-state index contributed by atoms with van der Waals surface area (Å²) >= 11 is 0. The van der Waals surface area contributed by atoms with Gasteiger partial charge < -0.3 is 15.2 Å². The quantitative estimate of drug-likeness (QED) is 0.773. The summed E-state index contributed by atoms with van der Waals surface area (Å²) in [6.45, 7) is 0.156. The summed E-state index contributed by atoms with van der Waals surface area (Å²) in [4.78, 5) is 15.0. The van der Waals surface area contributed by atoms with Gasteiger partial charge in [-0.25, -0.2) is 14.3 Å². The van der Waals surface area contributed by atoms with Crippen molar-refractivity contribution in [2.75, 3.05) is 19.0 Å². The van der Waals surface area contributed by atoms with E-state index in [1.54, 1.807) is 29.0 Å². The van der Waals surface area contributed by atoms with Gasteiger partial charge in [0.05, 0.1) is 12.7 Å². The number of nitrogens with one attached hydrogen (secondary N) is 1. The minimum atomic E-state index is -1.01. The Morgan fingerprint density at radius 2 is 2.47 bits per heavy atom. The molecule has 90 valence electrons. The molecule has 0 fully saturated rings. The van der Waals surface area contributed by atoms with Crippen molar-refractivity contribution in [3.63, 3.8) is 0 Å². The number of hydrogen-bond donors (Lipinski definition) is 2. The van der Waals surface area contributed by atoms with E-state index in [0.29, 0.717) is 11.5 Å². The minimum Gasteiger partial charge on any atom is -0.479 e. The van der Waals surface area contributed by atoms with E-state index < -0.39 is 12.1 Å². The van der Waals surface area contributed by atoms with Crippen LogP contribution in [0.1, 0.15) is 0 Å². The second kappa shape index (κ2) is 4.79. The molecule has 1 unspecified atom stereocenters. The van der Waals surface area contributed by atoms with Crippen molar-refractivity contribution in [3.8, 4) is 0 Å². The molecule has 0 aliphatic heterocycles. The van der Waals surface area contributed by atoms with Crippen molar-refractivity contribution in [2.45, 2.75) is 6.10 Å². The van der Waals surface area contributed by atoms with Crippen LogP contribution < -0.4 is 5.32 Å². The third-order valence-electron chi connectivity index (χ3n) is 2.29. The molecular weight excluding hydrogens is 224 g/mol. The minimum absolute atomic E-state index is 0.156. The fourth-order valence-corrected chi connectivity index (χ4v) is 1.38. The largest absolute Gasteiger partial charge is 0.479 e. The van der Waals surface area contributed by atoms with Gasteiger partial charge in [-0.15, -0.1) is 0 Å². The molecule has 0 saturated carbocycles. The van der Waals surface area contributed by atoms with E-state index in [1.807, 2.05) is 0 Å². The lowest BCUT2D eigenvalue weighted by Gasteiger charge is -2.11. The molecule has 2 aromatic rings. The third kappa shape index (κ3) is 2.51. The van der Waals surface area contributed by atoms with E-state index in [1.165, 1.54) is 7.11 Å². The van der Waals surface area contributed by atoms with Gasteiger partial charge in [-0.3, -0.25) is 0 Å². The molecule has 7 nitrogen and oxygen atoms in total. The maximum Gasteiger partial charge on any atom is 0.334 e. The number of methoxy groups -OCH3 is 1. The van der Waals surface area contributed by atoms with Crippen molar-refractivity contribution in [2.24, 2.45) is 0 Å². The summed E-state index contributed by atoms with van der Waals surface area (Å²) in [6, 6.07) is 3.48. The highest BCUT2D eigenvalue weighted by molar-refractivity contribution is 5.73. The van der Waals surface area contributed by atoms with Gasteiger partial charge in [-0.1, -0.05) is 0 Å². The van der Waals surface area contributed by atoms with Crippen LogP contribution in [-0.4, -0.2) is 45.4 Å². The van der Waals surface area contributed by atoms with E-state index in [0.717, 1.165) is 0 Å². The zero-order valence-electron chi connectivity index (χ0n) is 9.20. The normalized spacial score (nSPS) is 12.5. The van der Waals surface area contributed by atoms with E-state index in [9.17, 15) is 4.79 Å². The number of carboxylic acid groups (broad SMARTS) is 1. The molecule has 0 saturated heterocycles. The first-order valence-electron chi connectivity index (χ1n) is 5.00. The zero-order chi connectivity index (χ0) is 12.3. The number of anilines is 1. The van der Waals surface area contributed by atoms with E-state index >= 15 is 0 Å². The van der Waals surface area contributed by atoms with Crippen LogP contribution in [0.4, 0.5) is 5.82 Å². The highest BCUT2D eigenvalue weighted by Crippen LogP contribution is 2.06. The first-order valence-corrected chi connectivity index (χ1v) is 5.00. The van der Waals surface area contributed by atoms with Crippen LogP contribution >= 0.6 is 0 Å². The molecule has 0 radical (unpaired) electrons. The monoisotopic (exact) mass is 236 g/mol. The Morgan fingerprint density at radius 3 is 3.18 bits per heavy atom. The standard InChI is InChI=1S/C10H12N4O3/c1-17-7(10(15)16)6-11-8-3-5-14-9(13-8)2-4-12-14/h2-5,7H,6H2,1H3,(H,11,13)(H,15,16). The Kier molecular flexibility index (Phi) is 3.20. The molecular formula is C10H12N4O3. The van der Waals surface area contributed by atoms with Crippen LogP contribution in [0.25, 0.3) is 5.65 Å². The molecule has 0 amide bonds. The van der Waals surface area contributed by atoms with Gasteiger partial charge in [-0.05, 0) is 6.07 Å². The van der Waals surface area contributed by atoms with Crippen LogP contribution in [0.15, 0.2) is 24.5 Å². The van der Waals surface area contributed by atoms with Gasteiger partial charge in [0.1, 0.15) is 5.82 Å². The molecule has 1 atom stereocenters. The van der Waals surface area contributed by atoms with Crippen molar-refractivity contribution >= 4 is 17.4 Å². The summed E-state index contributed by atoms with van der Waals surface area (Å²) in [6.07, 6.45) is 2.49. The van der Waals surface area contributed by atoms with Crippen LogP contribution in [-0.2, 0) is 9.53 Å². The number of carboxylic acids is 1. The van der Waals surface area contributed by atoms with Crippen LogP contribution in [0.3, 0.4) is 0 Å². The number of carbonyl (C=O) groups is 1. The Bertz CT molecular complexity index is 525. The predicted molar refractivity (Wildman–Crippen MR) is 59.9 cm³/mol. The van der Waals surface area contributed by atoms with E-state index in [4.69, 9.17) is 9.84 Å². The predicted octanol–water partition coefficient (Wildman–Crippen LogP) is 0.241. The molecule has 2 rings (SSSR count). The van der Waals surface area contributed by atoms with Gasteiger partial charge in [0.25, 0.3) is 0 Å². The van der Waals surface area contributed by atoms with Gasteiger partial charge in [0.15, 0.2) is 11.8 Å². The molecule has 2 heterocycles. The van der Waals surface area contributed by atoms with Crippen LogP contribution in [0.2, 0.25) is 0 Å². The molecule has 0 aliphatic carbocycles. The molecule has 2 aromatic heterocycles. The maximum absolute atomic E-state index is 10.7. The lowest BCUT2D eigenvalue weighted by Crippen LogP contribution is -2.30. The SMILES string of the molecule is COC(CNc1ccn2nccc2n1)C(=O)O. The summed E-state index contributed by atoms with van der Waals surface area (Å²) in [7, 11) is 1.36. The lowest BCUT2D eigenvalue weighted by molar-refractivity contribution is -0.147. The Balaban J connectivity index is 2.05. The Hall–Kier alpha value is -2.15. The average Bonchev–Trinajstić information content (AvgIpc) is 2.76. The summed E-state index contributed by atoms with van der Waals surface area (Å²) < 4.78 is 6.42. The van der Waals surface area contributed by atoms with Crippen molar-refractivity contribution in [3.05, 3.63) is 24.5 Å². The highest BCUT2D eigenvalue weighted by atomic mass is 16.5. The molecule has 0 aliphatic rings. The van der Waals surface area contributed by atoms with Crippen molar-refractivity contribution in [1.82, 2.24) is 14.6 Å². The van der Waals surface area contributed by atoms with E-state index in [-0.39, 0.29) is 6.54 Å². The van der Waals surface area contributed by atoms with Gasteiger partial charge in [-0.2, -0.15) is 5.10 Å². The van der Waals surface area contributed by atoms with Gasteiger partial charge >= 0.3 is 5.97 Å². The van der Waals surface area contributed by atoms with Crippen molar-refractivity contribution in [1.29, 1.82) is 0 Å². The van der Waals surface area contributed by atoms with E-state index in [2.05, 4.69) is 15.4 Å². The van der Waals surface area contributed by atoms with Crippen molar-refractivity contribution < 1.29 is 14.6 Å². The number of ether oxygens (including phenoxy) is 1. The maximum atomic E-state index is 10.7. The second-order valence-corrected chi connectivity index (χ2v) is 3.39. The Labute approximate surface area is 97.0 Å². The highest BCUT2D eigenvalue weighted by Gasteiger charge is 2.15. The fourth-order valence-electron chi connectivity index (χ4n) is 1.38. The zero-order valence-corrected chi connectivity index (χ0v) is 9.20. The number of hydrogen-bond acceptors (Lipinski definition) is 5. The van der Waals surface area contributed by atoms with Gasteiger partial charge in [0.2, 0.25) is 0 Å². The Morgan fingerprint density at radius 1 is 1.65 bits per heavy atom. The number of rotatable bonds is 5. The first-order chi connectivity index (χ1) is 8.20. The fraction of sp³-hybridized carbons (Fsp3) is 0.300.